The number of furan rings is 1. The fraction of sp³-hybridized carbons (Fsp3) is 0.286. The molecule has 1 aromatic heterocycles. The second-order valence-electron chi connectivity index (χ2n) is 4.23. The molecule has 0 bridgehead atoms. The lowest BCUT2D eigenvalue weighted by Crippen LogP contribution is -2.24. The van der Waals surface area contributed by atoms with Crippen LogP contribution in [0.3, 0.4) is 0 Å². The highest BCUT2D eigenvalue weighted by Crippen LogP contribution is 2.36. The molecule has 0 aliphatic carbocycles. The third kappa shape index (κ3) is 3.92. The molecule has 2 aromatic rings. The highest BCUT2D eigenvalue weighted by molar-refractivity contribution is 6.29. The normalized spacial score (nSPS) is 13.2. The van der Waals surface area contributed by atoms with E-state index in [-0.39, 0.29) is 11.0 Å². The van der Waals surface area contributed by atoms with Gasteiger partial charge in [-0.1, -0.05) is 25.1 Å². The third-order valence-corrected chi connectivity index (χ3v) is 3.13. The molecule has 0 aliphatic rings. The average Bonchev–Trinajstić information content (AvgIpc) is 2.81. The summed E-state index contributed by atoms with van der Waals surface area (Å²) < 4.78 is 46.6. The summed E-state index contributed by atoms with van der Waals surface area (Å²) in [6, 6.07) is 6.99. The van der Waals surface area contributed by atoms with E-state index >= 15 is 0 Å². The van der Waals surface area contributed by atoms with Gasteiger partial charge in [-0.05, 0) is 30.3 Å². The molecule has 114 valence electrons. The number of rotatable bonds is 5. The van der Waals surface area contributed by atoms with E-state index < -0.39 is 12.4 Å². The van der Waals surface area contributed by atoms with Crippen LogP contribution in [0.4, 0.5) is 13.2 Å². The molecule has 0 aliphatic heterocycles. The highest BCUT2D eigenvalue weighted by Gasteiger charge is 2.33. The molecule has 0 radical (unpaired) electrons. The topological polar surface area (TPSA) is 34.4 Å². The Labute approximate surface area is 124 Å². The number of nitrogens with one attached hydrogen (secondary N) is 1. The highest BCUT2D eigenvalue weighted by atomic mass is 35.5. The Hall–Kier alpha value is -1.66. The van der Waals surface area contributed by atoms with E-state index in [9.17, 15) is 13.2 Å². The summed E-state index contributed by atoms with van der Waals surface area (Å²) in [5, 5.41) is 3.20. The van der Waals surface area contributed by atoms with Crippen LogP contribution in [0.25, 0.3) is 0 Å². The Balaban J connectivity index is 2.44. The van der Waals surface area contributed by atoms with Gasteiger partial charge >= 0.3 is 6.36 Å². The number of benzene rings is 1. The molecule has 1 N–H and O–H groups in total. The zero-order valence-electron chi connectivity index (χ0n) is 11.1. The predicted molar refractivity (Wildman–Crippen MR) is 72.4 cm³/mol. The molecule has 3 nitrogen and oxygen atoms in total. The van der Waals surface area contributed by atoms with Crippen molar-refractivity contribution in [2.24, 2.45) is 0 Å². The van der Waals surface area contributed by atoms with Gasteiger partial charge in [0.15, 0.2) is 5.22 Å². The summed E-state index contributed by atoms with van der Waals surface area (Å²) in [5.74, 6) is -0.270. The maximum Gasteiger partial charge on any atom is 0.573 e. The second kappa shape index (κ2) is 6.41. The van der Waals surface area contributed by atoms with E-state index in [1.54, 1.807) is 18.2 Å². The lowest BCUT2D eigenvalue weighted by Gasteiger charge is -2.21. The van der Waals surface area contributed by atoms with Crippen molar-refractivity contribution in [2.75, 3.05) is 6.54 Å². The van der Waals surface area contributed by atoms with Crippen LogP contribution >= 0.6 is 11.6 Å². The van der Waals surface area contributed by atoms with Crippen molar-refractivity contribution in [1.82, 2.24) is 5.32 Å². The van der Waals surface area contributed by atoms with Crippen LogP contribution in [0.2, 0.25) is 5.22 Å². The first-order chi connectivity index (χ1) is 9.92. The van der Waals surface area contributed by atoms with Gasteiger partial charge in [-0.25, -0.2) is 0 Å². The van der Waals surface area contributed by atoms with E-state index in [0.717, 1.165) is 0 Å². The number of hydrogen-bond donors (Lipinski definition) is 1. The van der Waals surface area contributed by atoms with Crippen molar-refractivity contribution in [3.05, 3.63) is 52.9 Å². The van der Waals surface area contributed by atoms with Crippen LogP contribution in [0.5, 0.6) is 5.75 Å². The molecule has 1 atom stereocenters. The zero-order chi connectivity index (χ0) is 15.5. The first kappa shape index (κ1) is 15.7. The number of hydrogen-bond acceptors (Lipinski definition) is 3. The van der Waals surface area contributed by atoms with Gasteiger partial charge in [-0.2, -0.15) is 0 Å². The minimum Gasteiger partial charge on any atom is -0.453 e. The average molecular weight is 320 g/mol. The van der Waals surface area contributed by atoms with E-state index in [4.69, 9.17) is 16.0 Å². The monoisotopic (exact) mass is 319 g/mol. The lowest BCUT2D eigenvalue weighted by molar-refractivity contribution is -0.275. The van der Waals surface area contributed by atoms with E-state index in [1.165, 1.54) is 18.4 Å². The van der Waals surface area contributed by atoms with Crippen LogP contribution < -0.4 is 10.1 Å². The van der Waals surface area contributed by atoms with Crippen molar-refractivity contribution in [2.45, 2.75) is 19.3 Å². The molecule has 0 fully saturated rings. The molecule has 1 unspecified atom stereocenters. The van der Waals surface area contributed by atoms with Crippen LogP contribution in [-0.2, 0) is 0 Å². The molecule has 1 aromatic carbocycles. The zero-order valence-corrected chi connectivity index (χ0v) is 11.8. The van der Waals surface area contributed by atoms with Gasteiger partial charge in [0, 0.05) is 11.1 Å². The van der Waals surface area contributed by atoms with Gasteiger partial charge in [-0.15, -0.1) is 13.2 Å². The van der Waals surface area contributed by atoms with E-state index in [1.807, 2.05) is 6.92 Å². The van der Waals surface area contributed by atoms with Gasteiger partial charge in [0.2, 0.25) is 0 Å². The maximum absolute atomic E-state index is 12.5. The van der Waals surface area contributed by atoms with Gasteiger partial charge in [0.1, 0.15) is 5.75 Å². The van der Waals surface area contributed by atoms with Crippen molar-refractivity contribution < 1.29 is 22.3 Å². The van der Waals surface area contributed by atoms with Crippen LogP contribution in [0, 0.1) is 0 Å². The number of halogens is 4. The quantitative estimate of drug-likeness (QED) is 0.879. The summed E-state index contributed by atoms with van der Waals surface area (Å²) in [6.45, 7) is 2.38. The van der Waals surface area contributed by atoms with E-state index in [0.29, 0.717) is 17.7 Å². The predicted octanol–water partition coefficient (Wildman–Crippen LogP) is 4.53. The second-order valence-corrected chi connectivity index (χ2v) is 4.57. The minimum absolute atomic E-state index is 0.128. The molecule has 1 heterocycles. The number of para-hydroxylation sites is 1. The molecule has 2 rings (SSSR count). The third-order valence-electron chi connectivity index (χ3n) is 2.82. The fourth-order valence-electron chi connectivity index (χ4n) is 2.04. The molecule has 0 saturated heterocycles. The van der Waals surface area contributed by atoms with Gasteiger partial charge in [0.25, 0.3) is 0 Å². The maximum atomic E-state index is 12.5. The molecular formula is C14H13ClF3NO2. The molecule has 0 spiro atoms. The van der Waals surface area contributed by atoms with Crippen LogP contribution in [0.1, 0.15) is 24.1 Å². The standard InChI is InChI=1S/C14H13ClF3NO2/c1-2-19-12(10-7-8-20-13(10)15)9-5-3-4-6-11(9)21-14(16,17)18/h3-8,12,19H,2H2,1H3. The Morgan fingerprint density at radius 2 is 1.95 bits per heavy atom. The molecular weight excluding hydrogens is 307 g/mol. The van der Waals surface area contributed by atoms with E-state index in [2.05, 4.69) is 10.1 Å². The van der Waals surface area contributed by atoms with Crippen LogP contribution in [0.15, 0.2) is 41.0 Å². The van der Waals surface area contributed by atoms with Gasteiger partial charge in [0.05, 0.1) is 12.3 Å². The van der Waals surface area contributed by atoms with Crippen molar-refractivity contribution >= 4 is 11.6 Å². The molecule has 7 heteroatoms. The fourth-order valence-corrected chi connectivity index (χ4v) is 2.26. The Bertz CT molecular complexity index is 598. The Kier molecular flexibility index (Phi) is 4.80. The molecule has 0 amide bonds. The first-order valence-electron chi connectivity index (χ1n) is 6.23. The summed E-state index contributed by atoms with van der Waals surface area (Å²) in [4.78, 5) is 0. The Morgan fingerprint density at radius 3 is 2.52 bits per heavy atom. The first-order valence-corrected chi connectivity index (χ1v) is 6.61. The number of ether oxygens (including phenoxy) is 1. The van der Waals surface area contributed by atoms with Crippen molar-refractivity contribution in [1.29, 1.82) is 0 Å². The smallest absolute Gasteiger partial charge is 0.453 e. The minimum atomic E-state index is -4.76. The SMILES string of the molecule is CCNC(c1ccccc1OC(F)(F)F)c1ccoc1Cl. The van der Waals surface area contributed by atoms with Crippen LogP contribution in [-0.4, -0.2) is 12.9 Å². The molecule has 21 heavy (non-hydrogen) atoms. The van der Waals surface area contributed by atoms with Crippen molar-refractivity contribution in [3.63, 3.8) is 0 Å². The summed E-state index contributed by atoms with van der Waals surface area (Å²) in [5.41, 5.74) is 0.886. The summed E-state index contributed by atoms with van der Waals surface area (Å²) >= 11 is 5.94. The van der Waals surface area contributed by atoms with Gasteiger partial charge < -0.3 is 14.5 Å². The van der Waals surface area contributed by atoms with Gasteiger partial charge in [-0.3, -0.25) is 0 Å². The number of alkyl halides is 3. The van der Waals surface area contributed by atoms with Crippen molar-refractivity contribution in [3.8, 4) is 5.75 Å². The summed E-state index contributed by atoms with van der Waals surface area (Å²) in [6.07, 6.45) is -3.37. The largest absolute Gasteiger partial charge is 0.573 e. The Morgan fingerprint density at radius 1 is 1.24 bits per heavy atom. The summed E-state index contributed by atoms with van der Waals surface area (Å²) in [7, 11) is 0. The lowest BCUT2D eigenvalue weighted by atomic mass is 10.00. The molecule has 0 saturated carbocycles.